The van der Waals surface area contributed by atoms with Crippen molar-refractivity contribution < 1.29 is 39.0 Å². The normalized spacial score (nSPS) is 14.2. The number of thioether (sulfide) groups is 2. The fraction of sp³-hybridized carbons (Fsp3) is 0.684. The van der Waals surface area contributed by atoms with Crippen LogP contribution in [-0.2, 0) is 28.8 Å². The van der Waals surface area contributed by atoms with Crippen LogP contribution in [0.4, 0.5) is 0 Å². The van der Waals surface area contributed by atoms with Crippen LogP contribution in [0, 0.1) is 0 Å². The number of carboxylic acids is 2. The van der Waals surface area contributed by atoms with Gasteiger partial charge < -0.3 is 37.6 Å². The first kappa shape index (κ1) is 31.5. The van der Waals surface area contributed by atoms with E-state index in [-0.39, 0.29) is 25.7 Å². The van der Waals surface area contributed by atoms with Crippen LogP contribution in [0.5, 0.6) is 0 Å². The van der Waals surface area contributed by atoms with E-state index in [0.717, 1.165) is 0 Å². The monoisotopic (exact) mass is 523 g/mol. The summed E-state index contributed by atoms with van der Waals surface area (Å²) >= 11 is 2.82. The van der Waals surface area contributed by atoms with Crippen molar-refractivity contribution in [1.29, 1.82) is 0 Å². The lowest BCUT2D eigenvalue weighted by molar-refractivity contribution is -0.143. The Morgan fingerprint density at radius 1 is 0.765 bits per heavy atom. The highest BCUT2D eigenvalue weighted by Crippen LogP contribution is 2.07. The molecule has 0 aromatic rings. The summed E-state index contributed by atoms with van der Waals surface area (Å²) in [6.07, 6.45) is 2.89. The molecule has 4 amide bonds. The molecule has 0 saturated carbocycles. The molecule has 9 N–H and O–H groups in total. The fourth-order valence-electron chi connectivity index (χ4n) is 2.64. The van der Waals surface area contributed by atoms with E-state index in [0.29, 0.717) is 11.5 Å². The molecule has 13 nitrogen and oxygen atoms in total. The van der Waals surface area contributed by atoms with Crippen molar-refractivity contribution in [3.8, 4) is 0 Å². The third kappa shape index (κ3) is 13.3. The molecule has 0 aliphatic heterocycles. The van der Waals surface area contributed by atoms with E-state index in [1.165, 1.54) is 23.5 Å². The largest absolute Gasteiger partial charge is 0.481 e. The van der Waals surface area contributed by atoms with Crippen LogP contribution < -0.4 is 27.4 Å². The molecule has 4 atom stereocenters. The summed E-state index contributed by atoms with van der Waals surface area (Å²) in [7, 11) is 0. The molecule has 4 unspecified atom stereocenters. The number of carboxylic acid groups (broad SMARTS) is 2. The zero-order valence-corrected chi connectivity index (χ0v) is 20.7. The highest BCUT2D eigenvalue weighted by Gasteiger charge is 2.30. The van der Waals surface area contributed by atoms with Crippen LogP contribution in [0.25, 0.3) is 0 Å². The van der Waals surface area contributed by atoms with Gasteiger partial charge in [0, 0.05) is 6.42 Å². The van der Waals surface area contributed by atoms with Gasteiger partial charge in [0.1, 0.15) is 18.1 Å². The number of carbonyl (C=O) groups is 6. The van der Waals surface area contributed by atoms with Gasteiger partial charge in [-0.25, -0.2) is 4.79 Å². The Balaban J connectivity index is 5.41. The topological polar surface area (TPSA) is 231 Å². The molecule has 0 aromatic carbocycles. The minimum atomic E-state index is -1.56. The molecule has 0 aliphatic rings. The molecule has 34 heavy (non-hydrogen) atoms. The summed E-state index contributed by atoms with van der Waals surface area (Å²) < 4.78 is 0. The standard InChI is InChI=1S/C19H33N5O8S2/c1-33-7-5-11(22-16(28)10(20)3-4-15(26)27)17(29)23-12(6-8-34-2)18(30)24-13(19(31)32)9-14(21)25/h10-13H,3-9,20H2,1-2H3,(H2,21,25)(H,22,28)(H,23,29)(H,24,30)(H,26,27)(H,31,32). The second kappa shape index (κ2) is 17.0. The van der Waals surface area contributed by atoms with Crippen LogP contribution in [-0.4, -0.2) is 94.0 Å². The van der Waals surface area contributed by atoms with E-state index in [1.807, 2.05) is 0 Å². The molecule has 0 aliphatic carbocycles. The summed E-state index contributed by atoms with van der Waals surface area (Å²) in [6.45, 7) is 0. The van der Waals surface area contributed by atoms with Gasteiger partial charge in [0.15, 0.2) is 0 Å². The van der Waals surface area contributed by atoms with Crippen LogP contribution in [0.2, 0.25) is 0 Å². The molecule has 0 heterocycles. The van der Waals surface area contributed by atoms with Gasteiger partial charge in [-0.1, -0.05) is 0 Å². The molecule has 194 valence electrons. The molecule has 0 fully saturated rings. The maximum Gasteiger partial charge on any atom is 0.326 e. The Morgan fingerprint density at radius 3 is 1.59 bits per heavy atom. The fourth-order valence-corrected chi connectivity index (χ4v) is 3.59. The van der Waals surface area contributed by atoms with Gasteiger partial charge in [-0.2, -0.15) is 23.5 Å². The lowest BCUT2D eigenvalue weighted by Crippen LogP contribution is -2.57. The highest BCUT2D eigenvalue weighted by molar-refractivity contribution is 7.98. The predicted octanol–water partition coefficient (Wildman–Crippen LogP) is -1.90. The van der Waals surface area contributed by atoms with E-state index in [2.05, 4.69) is 16.0 Å². The number of hydrogen-bond acceptors (Lipinski definition) is 9. The third-order valence-electron chi connectivity index (χ3n) is 4.51. The van der Waals surface area contributed by atoms with Crippen LogP contribution in [0.15, 0.2) is 0 Å². The molecular formula is C19H33N5O8S2. The number of hydrogen-bond donors (Lipinski definition) is 7. The quantitative estimate of drug-likeness (QED) is 0.105. The molecule has 0 aromatic heterocycles. The van der Waals surface area contributed by atoms with Gasteiger partial charge >= 0.3 is 11.9 Å². The van der Waals surface area contributed by atoms with Gasteiger partial charge in [-0.3, -0.25) is 24.0 Å². The van der Waals surface area contributed by atoms with Crippen molar-refractivity contribution in [2.75, 3.05) is 24.0 Å². The average molecular weight is 524 g/mol. The lowest BCUT2D eigenvalue weighted by atomic mass is 10.1. The summed E-state index contributed by atoms with van der Waals surface area (Å²) in [5, 5.41) is 25.2. The van der Waals surface area contributed by atoms with Crippen molar-refractivity contribution in [2.24, 2.45) is 11.5 Å². The van der Waals surface area contributed by atoms with E-state index < -0.39 is 66.2 Å². The Morgan fingerprint density at radius 2 is 1.21 bits per heavy atom. The number of rotatable bonds is 18. The highest BCUT2D eigenvalue weighted by atomic mass is 32.2. The number of nitrogens with two attached hydrogens (primary N) is 2. The van der Waals surface area contributed by atoms with Gasteiger partial charge in [-0.05, 0) is 43.3 Å². The minimum absolute atomic E-state index is 0.118. The van der Waals surface area contributed by atoms with Crippen LogP contribution in [0.3, 0.4) is 0 Å². The van der Waals surface area contributed by atoms with E-state index in [9.17, 15) is 33.9 Å². The maximum absolute atomic E-state index is 12.9. The Hall–Kier alpha value is -2.52. The molecule has 0 radical (unpaired) electrons. The lowest BCUT2D eigenvalue weighted by Gasteiger charge is -2.25. The van der Waals surface area contributed by atoms with Crippen molar-refractivity contribution in [1.82, 2.24) is 16.0 Å². The number of carbonyl (C=O) groups excluding carboxylic acids is 4. The van der Waals surface area contributed by atoms with Crippen molar-refractivity contribution in [3.63, 3.8) is 0 Å². The second-order valence-electron chi connectivity index (χ2n) is 7.29. The Kier molecular flexibility index (Phi) is 15.7. The zero-order chi connectivity index (χ0) is 26.3. The molecule has 0 bridgehead atoms. The number of amides is 4. The summed E-state index contributed by atoms with van der Waals surface area (Å²) in [4.78, 5) is 71.0. The summed E-state index contributed by atoms with van der Waals surface area (Å²) in [5.41, 5.74) is 10.7. The minimum Gasteiger partial charge on any atom is -0.481 e. The SMILES string of the molecule is CSCCC(NC(=O)C(N)CCC(=O)O)C(=O)NC(CCSC)C(=O)NC(CC(N)=O)C(=O)O. The van der Waals surface area contributed by atoms with Crippen LogP contribution >= 0.6 is 23.5 Å². The third-order valence-corrected chi connectivity index (χ3v) is 5.80. The average Bonchev–Trinajstić information content (AvgIpc) is 2.76. The Bertz CT molecular complexity index is 739. The van der Waals surface area contributed by atoms with Crippen LogP contribution in [0.1, 0.15) is 32.1 Å². The van der Waals surface area contributed by atoms with Crippen molar-refractivity contribution >= 4 is 59.1 Å². The van der Waals surface area contributed by atoms with E-state index in [1.54, 1.807) is 12.5 Å². The van der Waals surface area contributed by atoms with E-state index >= 15 is 0 Å². The smallest absolute Gasteiger partial charge is 0.326 e. The van der Waals surface area contributed by atoms with Gasteiger partial charge in [0.25, 0.3) is 0 Å². The number of aliphatic carboxylic acids is 2. The van der Waals surface area contributed by atoms with Gasteiger partial charge in [0.05, 0.1) is 12.5 Å². The van der Waals surface area contributed by atoms with Crippen molar-refractivity contribution in [3.05, 3.63) is 0 Å². The van der Waals surface area contributed by atoms with Crippen molar-refractivity contribution in [2.45, 2.75) is 56.3 Å². The molecule has 0 rings (SSSR count). The first-order valence-electron chi connectivity index (χ1n) is 10.3. The first-order valence-corrected chi connectivity index (χ1v) is 13.1. The summed E-state index contributed by atoms with van der Waals surface area (Å²) in [6, 6.07) is -4.88. The predicted molar refractivity (Wildman–Crippen MR) is 128 cm³/mol. The first-order chi connectivity index (χ1) is 15.9. The number of primary amides is 1. The molecule has 0 saturated heterocycles. The summed E-state index contributed by atoms with van der Waals surface area (Å²) in [5.74, 6) is -4.75. The zero-order valence-electron chi connectivity index (χ0n) is 19.1. The molecule has 15 heteroatoms. The molecule has 0 spiro atoms. The maximum atomic E-state index is 12.9. The van der Waals surface area contributed by atoms with E-state index in [4.69, 9.17) is 16.6 Å². The second-order valence-corrected chi connectivity index (χ2v) is 9.27. The number of nitrogens with one attached hydrogen (secondary N) is 3. The molecular weight excluding hydrogens is 490 g/mol. The van der Waals surface area contributed by atoms with Gasteiger partial charge in [-0.15, -0.1) is 0 Å². The Labute approximate surface area is 205 Å². The van der Waals surface area contributed by atoms with Gasteiger partial charge in [0.2, 0.25) is 23.6 Å².